The number of nitrogens with zero attached hydrogens (tertiary/aromatic N) is 1. The number of hydrogen-bond acceptors (Lipinski definition) is 3. The van der Waals surface area contributed by atoms with Crippen molar-refractivity contribution in [1.29, 1.82) is 0 Å². The second-order valence-electron chi connectivity index (χ2n) is 6.75. The number of benzene rings is 2. The summed E-state index contributed by atoms with van der Waals surface area (Å²) in [7, 11) is -3.75. The molecule has 28 heavy (non-hydrogen) atoms. The monoisotopic (exact) mass is 424 g/mol. The van der Waals surface area contributed by atoms with Gasteiger partial charge in [0.25, 0.3) is 0 Å². The predicted octanol–water partition coefficient (Wildman–Crippen LogP) is 3.38. The van der Waals surface area contributed by atoms with Crippen LogP contribution >= 0.6 is 11.6 Å². The van der Waals surface area contributed by atoms with Crippen molar-refractivity contribution in [3.63, 3.8) is 0 Å². The Bertz CT molecular complexity index is 917. The molecule has 1 N–H and O–H groups in total. The number of aryl methyl sites for hydroxylation is 1. The minimum absolute atomic E-state index is 0.132. The molecule has 1 fully saturated rings. The molecule has 1 aliphatic heterocycles. The van der Waals surface area contributed by atoms with Gasteiger partial charge in [0.15, 0.2) is 0 Å². The van der Waals surface area contributed by atoms with Gasteiger partial charge in [0.05, 0.1) is 4.90 Å². The van der Waals surface area contributed by atoms with E-state index in [1.165, 1.54) is 40.7 Å². The van der Waals surface area contributed by atoms with Gasteiger partial charge in [0.1, 0.15) is 11.9 Å². The number of carbonyl (C=O) groups excluding carboxylic acids is 1. The van der Waals surface area contributed by atoms with Crippen LogP contribution in [0.25, 0.3) is 0 Å². The number of sulfonamides is 1. The lowest BCUT2D eigenvalue weighted by atomic mass is 10.1. The highest BCUT2D eigenvalue weighted by Gasteiger charge is 2.39. The van der Waals surface area contributed by atoms with E-state index in [1.54, 1.807) is 12.1 Å². The van der Waals surface area contributed by atoms with Crippen LogP contribution in [0, 0.1) is 5.82 Å². The zero-order valence-corrected chi connectivity index (χ0v) is 16.8. The van der Waals surface area contributed by atoms with Gasteiger partial charge in [-0.05, 0) is 67.6 Å². The largest absolute Gasteiger partial charge is 0.355 e. The van der Waals surface area contributed by atoms with Gasteiger partial charge in [0.2, 0.25) is 15.9 Å². The SMILES string of the molecule is O=C(NCCCc1ccc(F)cc1)[C@@H]1CCCN1S(=O)(=O)c1ccc(Cl)cc1. The van der Waals surface area contributed by atoms with E-state index in [0.29, 0.717) is 43.8 Å². The summed E-state index contributed by atoms with van der Waals surface area (Å²) in [6.45, 7) is 0.750. The van der Waals surface area contributed by atoms with E-state index < -0.39 is 16.1 Å². The zero-order valence-electron chi connectivity index (χ0n) is 15.3. The molecule has 0 spiro atoms. The lowest BCUT2D eigenvalue weighted by Gasteiger charge is -2.23. The van der Waals surface area contributed by atoms with E-state index in [2.05, 4.69) is 5.32 Å². The summed E-state index contributed by atoms with van der Waals surface area (Å²) in [6, 6.07) is 11.5. The van der Waals surface area contributed by atoms with Crippen LogP contribution in [0.4, 0.5) is 4.39 Å². The van der Waals surface area contributed by atoms with Crippen molar-refractivity contribution >= 4 is 27.5 Å². The lowest BCUT2D eigenvalue weighted by Crippen LogP contribution is -2.46. The number of hydrogen-bond donors (Lipinski definition) is 1. The first kappa shape index (κ1) is 20.8. The molecular formula is C20H22ClFN2O3S. The minimum Gasteiger partial charge on any atom is -0.355 e. The van der Waals surface area contributed by atoms with Crippen LogP contribution in [0.2, 0.25) is 5.02 Å². The lowest BCUT2D eigenvalue weighted by molar-refractivity contribution is -0.124. The fourth-order valence-corrected chi connectivity index (χ4v) is 5.09. The molecule has 150 valence electrons. The summed E-state index contributed by atoms with van der Waals surface area (Å²) < 4.78 is 39.9. The molecule has 0 radical (unpaired) electrons. The fourth-order valence-electron chi connectivity index (χ4n) is 3.30. The Balaban J connectivity index is 1.56. The van der Waals surface area contributed by atoms with Gasteiger partial charge in [-0.3, -0.25) is 4.79 Å². The smallest absolute Gasteiger partial charge is 0.243 e. The van der Waals surface area contributed by atoms with Crippen molar-refractivity contribution < 1.29 is 17.6 Å². The summed E-state index contributed by atoms with van der Waals surface area (Å²) in [5.41, 5.74) is 0.989. The molecule has 3 rings (SSSR count). The molecule has 0 aromatic heterocycles. The first-order chi connectivity index (χ1) is 13.4. The predicted molar refractivity (Wildman–Crippen MR) is 106 cm³/mol. The van der Waals surface area contributed by atoms with Gasteiger partial charge in [-0.15, -0.1) is 0 Å². The van der Waals surface area contributed by atoms with Gasteiger partial charge < -0.3 is 5.32 Å². The van der Waals surface area contributed by atoms with Crippen molar-refractivity contribution in [2.45, 2.75) is 36.6 Å². The summed E-state index contributed by atoms with van der Waals surface area (Å²) in [5.74, 6) is -0.561. The van der Waals surface area contributed by atoms with Gasteiger partial charge in [-0.25, -0.2) is 12.8 Å². The van der Waals surface area contributed by atoms with Crippen molar-refractivity contribution in [2.24, 2.45) is 0 Å². The van der Waals surface area contributed by atoms with E-state index in [1.807, 2.05) is 0 Å². The highest BCUT2D eigenvalue weighted by molar-refractivity contribution is 7.89. The third kappa shape index (κ3) is 4.90. The molecule has 8 heteroatoms. The van der Waals surface area contributed by atoms with Crippen molar-refractivity contribution in [3.05, 3.63) is 64.9 Å². The van der Waals surface area contributed by atoms with Crippen molar-refractivity contribution in [2.75, 3.05) is 13.1 Å². The van der Waals surface area contributed by atoms with E-state index in [-0.39, 0.29) is 16.6 Å². The Labute approximate surface area is 169 Å². The molecule has 0 saturated carbocycles. The second kappa shape index (κ2) is 9.03. The molecule has 1 amide bonds. The number of amides is 1. The Morgan fingerprint density at radius 1 is 1.14 bits per heavy atom. The van der Waals surface area contributed by atoms with Gasteiger partial charge in [0, 0.05) is 18.1 Å². The Morgan fingerprint density at radius 2 is 1.82 bits per heavy atom. The normalized spacial score (nSPS) is 17.6. The maximum absolute atomic E-state index is 12.9. The van der Waals surface area contributed by atoms with Crippen LogP contribution < -0.4 is 5.32 Å². The van der Waals surface area contributed by atoms with Crippen molar-refractivity contribution in [3.8, 4) is 0 Å². The van der Waals surface area contributed by atoms with E-state index in [9.17, 15) is 17.6 Å². The molecule has 0 bridgehead atoms. The average Bonchev–Trinajstić information content (AvgIpc) is 3.18. The molecule has 1 heterocycles. The summed E-state index contributed by atoms with van der Waals surface area (Å²) >= 11 is 5.83. The van der Waals surface area contributed by atoms with Crippen LogP contribution in [-0.4, -0.2) is 37.8 Å². The summed E-state index contributed by atoms with van der Waals surface area (Å²) in [5, 5.41) is 3.28. The topological polar surface area (TPSA) is 66.5 Å². The minimum atomic E-state index is -3.75. The Kier molecular flexibility index (Phi) is 6.69. The Hall–Kier alpha value is -1.96. The number of nitrogens with one attached hydrogen (secondary N) is 1. The van der Waals surface area contributed by atoms with Gasteiger partial charge >= 0.3 is 0 Å². The van der Waals surface area contributed by atoms with Crippen LogP contribution in [0.3, 0.4) is 0 Å². The number of carbonyl (C=O) groups is 1. The van der Waals surface area contributed by atoms with Crippen LogP contribution in [0.5, 0.6) is 0 Å². The number of rotatable bonds is 7. The molecule has 1 saturated heterocycles. The van der Waals surface area contributed by atoms with Crippen LogP contribution in [0.15, 0.2) is 53.4 Å². The maximum Gasteiger partial charge on any atom is 0.243 e. The Morgan fingerprint density at radius 3 is 2.50 bits per heavy atom. The maximum atomic E-state index is 12.9. The molecule has 1 atom stereocenters. The standard InChI is InChI=1S/C20H22ClFN2O3S/c21-16-7-11-18(12-8-16)28(26,27)24-14-2-4-19(24)20(25)23-13-1-3-15-5-9-17(22)10-6-15/h5-12,19H,1-4,13-14H2,(H,23,25)/t19-/m0/s1. The third-order valence-electron chi connectivity index (χ3n) is 4.78. The highest BCUT2D eigenvalue weighted by Crippen LogP contribution is 2.27. The number of halogens is 2. The molecule has 0 unspecified atom stereocenters. The molecular weight excluding hydrogens is 403 g/mol. The summed E-state index contributed by atoms with van der Waals surface area (Å²) in [4.78, 5) is 12.7. The van der Waals surface area contributed by atoms with Gasteiger partial charge in [-0.1, -0.05) is 23.7 Å². The highest BCUT2D eigenvalue weighted by atomic mass is 35.5. The third-order valence-corrected chi connectivity index (χ3v) is 6.96. The molecule has 2 aromatic rings. The van der Waals surface area contributed by atoms with Crippen LogP contribution in [0.1, 0.15) is 24.8 Å². The van der Waals surface area contributed by atoms with Crippen molar-refractivity contribution in [1.82, 2.24) is 9.62 Å². The fraction of sp³-hybridized carbons (Fsp3) is 0.350. The molecule has 0 aliphatic carbocycles. The average molecular weight is 425 g/mol. The van der Waals surface area contributed by atoms with Crippen LogP contribution in [-0.2, 0) is 21.2 Å². The molecule has 5 nitrogen and oxygen atoms in total. The van der Waals surface area contributed by atoms with Gasteiger partial charge in [-0.2, -0.15) is 4.31 Å². The van der Waals surface area contributed by atoms with E-state index >= 15 is 0 Å². The molecule has 1 aliphatic rings. The van der Waals surface area contributed by atoms with E-state index in [0.717, 1.165) is 5.56 Å². The first-order valence-corrected chi connectivity index (χ1v) is 11.0. The molecule has 2 aromatic carbocycles. The first-order valence-electron chi connectivity index (χ1n) is 9.17. The quantitative estimate of drug-likeness (QED) is 0.693. The second-order valence-corrected chi connectivity index (χ2v) is 9.08. The summed E-state index contributed by atoms with van der Waals surface area (Å²) in [6.07, 6.45) is 2.53. The zero-order chi connectivity index (χ0) is 20.1. The van der Waals surface area contributed by atoms with E-state index in [4.69, 9.17) is 11.6 Å².